The lowest BCUT2D eigenvalue weighted by Crippen LogP contribution is -2.27. The van der Waals surface area contributed by atoms with Crippen molar-refractivity contribution in [2.45, 2.75) is 19.8 Å². The summed E-state index contributed by atoms with van der Waals surface area (Å²) >= 11 is 0. The van der Waals surface area contributed by atoms with Crippen LogP contribution in [0.1, 0.15) is 18.1 Å². The number of aryl methyl sites for hydroxylation is 2. The summed E-state index contributed by atoms with van der Waals surface area (Å²) in [4.78, 5) is 14.1. The van der Waals surface area contributed by atoms with Gasteiger partial charge in [0.25, 0.3) is 0 Å². The van der Waals surface area contributed by atoms with Gasteiger partial charge < -0.3 is 4.74 Å². The van der Waals surface area contributed by atoms with Crippen LogP contribution in [0.5, 0.6) is 0 Å². The van der Waals surface area contributed by atoms with Crippen LogP contribution in [0.3, 0.4) is 0 Å². The highest BCUT2D eigenvalue weighted by atomic mass is 16.6. The van der Waals surface area contributed by atoms with Gasteiger partial charge in [0, 0.05) is 0 Å². The largest absolute Gasteiger partial charge is 0.449 e. The Balaban J connectivity index is 2.16. The maximum absolute atomic E-state index is 12.4. The van der Waals surface area contributed by atoms with E-state index in [-0.39, 0.29) is 6.09 Å². The van der Waals surface area contributed by atoms with E-state index in [9.17, 15) is 4.79 Å². The van der Waals surface area contributed by atoms with Crippen molar-refractivity contribution >= 4 is 17.5 Å². The second kappa shape index (κ2) is 5.37. The van der Waals surface area contributed by atoms with Gasteiger partial charge in [-0.1, -0.05) is 36.4 Å². The number of para-hydroxylation sites is 2. The first-order valence-corrected chi connectivity index (χ1v) is 6.94. The average molecular weight is 267 g/mol. The normalized spacial score (nSPS) is 13.2. The van der Waals surface area contributed by atoms with Crippen molar-refractivity contribution in [3.8, 4) is 0 Å². The molecule has 102 valence electrons. The summed E-state index contributed by atoms with van der Waals surface area (Å²) in [6, 6.07) is 16.1. The molecular formula is C17H17NO2. The summed E-state index contributed by atoms with van der Waals surface area (Å²) in [5.41, 5.74) is 4.21. The lowest BCUT2D eigenvalue weighted by atomic mass is 10.0. The van der Waals surface area contributed by atoms with E-state index in [0.717, 1.165) is 24.2 Å². The number of anilines is 2. The molecule has 3 heteroatoms. The zero-order chi connectivity index (χ0) is 13.9. The van der Waals surface area contributed by atoms with E-state index in [1.807, 2.05) is 43.3 Å². The van der Waals surface area contributed by atoms with Crippen molar-refractivity contribution < 1.29 is 9.53 Å². The molecule has 0 saturated carbocycles. The van der Waals surface area contributed by atoms with Crippen LogP contribution in [0.2, 0.25) is 0 Å². The van der Waals surface area contributed by atoms with Crippen molar-refractivity contribution in [3.05, 3.63) is 59.7 Å². The van der Waals surface area contributed by atoms with Gasteiger partial charge in [0.2, 0.25) is 0 Å². The molecule has 0 fully saturated rings. The van der Waals surface area contributed by atoms with Gasteiger partial charge in [-0.3, -0.25) is 0 Å². The molecular weight excluding hydrogens is 250 g/mol. The molecule has 2 aromatic rings. The Morgan fingerprint density at radius 1 is 1.00 bits per heavy atom. The molecule has 2 aromatic carbocycles. The minimum absolute atomic E-state index is 0.311. The van der Waals surface area contributed by atoms with E-state index in [1.165, 1.54) is 11.1 Å². The number of ether oxygens (including phenoxy) is 1. The first kappa shape index (κ1) is 12.7. The zero-order valence-corrected chi connectivity index (χ0v) is 11.5. The van der Waals surface area contributed by atoms with Crippen LogP contribution in [0, 0.1) is 0 Å². The Hall–Kier alpha value is -2.29. The van der Waals surface area contributed by atoms with E-state index in [4.69, 9.17) is 4.74 Å². The Morgan fingerprint density at radius 3 is 2.00 bits per heavy atom. The maximum atomic E-state index is 12.4. The second-order valence-corrected chi connectivity index (χ2v) is 4.79. The van der Waals surface area contributed by atoms with E-state index in [2.05, 4.69) is 12.1 Å². The Kier molecular flexibility index (Phi) is 3.42. The van der Waals surface area contributed by atoms with E-state index in [1.54, 1.807) is 4.90 Å². The third-order valence-electron chi connectivity index (χ3n) is 3.58. The fourth-order valence-electron chi connectivity index (χ4n) is 2.66. The molecule has 1 aliphatic heterocycles. The molecule has 0 saturated heterocycles. The molecule has 1 amide bonds. The number of hydrogen-bond acceptors (Lipinski definition) is 2. The summed E-state index contributed by atoms with van der Waals surface area (Å²) < 4.78 is 5.24. The topological polar surface area (TPSA) is 29.5 Å². The van der Waals surface area contributed by atoms with Gasteiger partial charge in [0.15, 0.2) is 0 Å². The van der Waals surface area contributed by atoms with Crippen LogP contribution in [-0.4, -0.2) is 12.7 Å². The zero-order valence-electron chi connectivity index (χ0n) is 11.5. The van der Waals surface area contributed by atoms with Crippen molar-refractivity contribution in [2.24, 2.45) is 0 Å². The van der Waals surface area contributed by atoms with Crippen LogP contribution in [-0.2, 0) is 17.6 Å². The number of hydrogen-bond donors (Lipinski definition) is 0. The highest BCUT2D eigenvalue weighted by Gasteiger charge is 2.26. The number of benzene rings is 2. The average Bonchev–Trinajstić information content (AvgIpc) is 2.64. The fraction of sp³-hybridized carbons (Fsp3) is 0.235. The standard InChI is InChI=1S/C17H17NO2/c1-2-20-17(19)18-15-9-5-3-7-13(15)11-12-14-8-4-6-10-16(14)18/h3-10H,2,11-12H2,1H3. The Labute approximate surface area is 118 Å². The van der Waals surface area contributed by atoms with E-state index < -0.39 is 0 Å². The summed E-state index contributed by atoms with van der Waals surface area (Å²) in [6.07, 6.45) is 1.56. The van der Waals surface area contributed by atoms with Crippen LogP contribution in [0.25, 0.3) is 0 Å². The van der Waals surface area contributed by atoms with Crippen LogP contribution < -0.4 is 4.90 Å². The van der Waals surface area contributed by atoms with Crippen molar-refractivity contribution in [3.63, 3.8) is 0 Å². The first-order chi connectivity index (χ1) is 9.81. The van der Waals surface area contributed by atoms with Gasteiger partial charge in [0.1, 0.15) is 0 Å². The molecule has 0 aromatic heterocycles. The Bertz CT molecular complexity index is 589. The first-order valence-electron chi connectivity index (χ1n) is 6.94. The van der Waals surface area contributed by atoms with Crippen LogP contribution in [0.4, 0.5) is 16.2 Å². The summed E-state index contributed by atoms with van der Waals surface area (Å²) in [5, 5.41) is 0. The molecule has 3 rings (SSSR count). The van der Waals surface area contributed by atoms with Gasteiger partial charge >= 0.3 is 6.09 Å². The number of nitrogens with zero attached hydrogens (tertiary/aromatic N) is 1. The molecule has 3 nitrogen and oxygen atoms in total. The minimum Gasteiger partial charge on any atom is -0.449 e. The molecule has 0 atom stereocenters. The quantitative estimate of drug-likeness (QED) is 0.779. The number of rotatable bonds is 1. The predicted octanol–water partition coefficient (Wildman–Crippen LogP) is 4.08. The van der Waals surface area contributed by atoms with Crippen molar-refractivity contribution in [1.82, 2.24) is 0 Å². The van der Waals surface area contributed by atoms with Gasteiger partial charge in [-0.2, -0.15) is 0 Å². The smallest absolute Gasteiger partial charge is 0.418 e. The molecule has 20 heavy (non-hydrogen) atoms. The molecule has 0 unspecified atom stereocenters. The third kappa shape index (κ3) is 2.16. The van der Waals surface area contributed by atoms with Gasteiger partial charge in [-0.25, -0.2) is 9.69 Å². The molecule has 0 N–H and O–H groups in total. The fourth-order valence-corrected chi connectivity index (χ4v) is 2.66. The monoisotopic (exact) mass is 267 g/mol. The van der Waals surface area contributed by atoms with E-state index in [0.29, 0.717) is 6.61 Å². The highest BCUT2D eigenvalue weighted by Crippen LogP contribution is 2.36. The third-order valence-corrected chi connectivity index (χ3v) is 3.58. The van der Waals surface area contributed by atoms with Crippen LogP contribution >= 0.6 is 0 Å². The van der Waals surface area contributed by atoms with Gasteiger partial charge in [-0.05, 0) is 43.0 Å². The van der Waals surface area contributed by atoms with Gasteiger partial charge in [0.05, 0.1) is 18.0 Å². The van der Waals surface area contributed by atoms with E-state index >= 15 is 0 Å². The second-order valence-electron chi connectivity index (χ2n) is 4.79. The predicted molar refractivity (Wildman–Crippen MR) is 79.5 cm³/mol. The number of carbonyl (C=O) groups excluding carboxylic acids is 1. The number of carbonyl (C=O) groups is 1. The molecule has 1 aliphatic rings. The molecule has 0 aliphatic carbocycles. The molecule has 0 spiro atoms. The molecule has 0 bridgehead atoms. The summed E-state index contributed by atoms with van der Waals surface area (Å²) in [7, 11) is 0. The van der Waals surface area contributed by atoms with Crippen molar-refractivity contribution in [2.75, 3.05) is 11.5 Å². The summed E-state index contributed by atoms with van der Waals surface area (Å²) in [6.45, 7) is 2.20. The maximum Gasteiger partial charge on any atom is 0.418 e. The lowest BCUT2D eigenvalue weighted by Gasteiger charge is -2.23. The lowest BCUT2D eigenvalue weighted by molar-refractivity contribution is 0.162. The van der Waals surface area contributed by atoms with Crippen molar-refractivity contribution in [1.29, 1.82) is 0 Å². The Morgan fingerprint density at radius 2 is 1.50 bits per heavy atom. The number of fused-ring (bicyclic) bond motifs is 2. The van der Waals surface area contributed by atoms with Gasteiger partial charge in [-0.15, -0.1) is 0 Å². The molecule has 0 radical (unpaired) electrons. The van der Waals surface area contributed by atoms with Crippen LogP contribution in [0.15, 0.2) is 48.5 Å². The molecule has 1 heterocycles. The summed E-state index contributed by atoms with van der Waals surface area (Å²) in [5.74, 6) is 0. The highest BCUT2D eigenvalue weighted by molar-refractivity contribution is 5.98. The SMILES string of the molecule is CCOC(=O)N1c2ccccc2CCc2ccccc21. The number of amides is 1. The minimum atomic E-state index is -0.311.